The average Bonchev–Trinajstić information content (AvgIpc) is 3.01. The van der Waals surface area contributed by atoms with Gasteiger partial charge in [-0.05, 0) is 48.7 Å². The minimum absolute atomic E-state index is 0.0999. The SMILES string of the molecule is CC(CCO)CNC(=O)c1ccc(COc2ccc(F)cc2)o1. The van der Waals surface area contributed by atoms with E-state index in [0.717, 1.165) is 0 Å². The smallest absolute Gasteiger partial charge is 0.287 e. The second-order valence-electron chi connectivity index (χ2n) is 5.34. The van der Waals surface area contributed by atoms with Gasteiger partial charge in [-0.25, -0.2) is 4.39 Å². The van der Waals surface area contributed by atoms with Crippen molar-refractivity contribution in [2.45, 2.75) is 20.0 Å². The maximum atomic E-state index is 12.8. The Labute approximate surface area is 134 Å². The lowest BCUT2D eigenvalue weighted by Gasteiger charge is -2.09. The molecule has 1 aromatic heterocycles. The van der Waals surface area contributed by atoms with Crippen molar-refractivity contribution >= 4 is 5.91 Å². The van der Waals surface area contributed by atoms with Crippen LogP contribution in [0, 0.1) is 11.7 Å². The Morgan fingerprint density at radius 1 is 1.30 bits per heavy atom. The number of halogens is 1. The Kier molecular flexibility index (Phi) is 6.17. The van der Waals surface area contributed by atoms with Crippen molar-refractivity contribution in [1.29, 1.82) is 0 Å². The monoisotopic (exact) mass is 321 g/mol. The standard InChI is InChI=1S/C17H20FNO4/c1-12(8-9-20)10-19-17(21)16-7-6-15(23-16)11-22-14-4-2-13(18)3-5-14/h2-7,12,20H,8-11H2,1H3,(H,19,21). The molecule has 0 saturated carbocycles. The van der Waals surface area contributed by atoms with Crippen molar-refractivity contribution in [2.75, 3.05) is 13.2 Å². The summed E-state index contributed by atoms with van der Waals surface area (Å²) in [6, 6.07) is 8.90. The Balaban J connectivity index is 1.82. The molecule has 0 aliphatic rings. The largest absolute Gasteiger partial charge is 0.486 e. The number of carbonyl (C=O) groups is 1. The lowest BCUT2D eigenvalue weighted by atomic mass is 10.1. The molecule has 0 aliphatic heterocycles. The van der Waals surface area contributed by atoms with E-state index in [2.05, 4.69) is 5.32 Å². The summed E-state index contributed by atoms with van der Waals surface area (Å²) >= 11 is 0. The molecule has 2 rings (SSSR count). The van der Waals surface area contributed by atoms with Crippen molar-refractivity contribution < 1.29 is 23.4 Å². The molecular weight excluding hydrogens is 301 g/mol. The first-order valence-corrected chi connectivity index (χ1v) is 7.44. The number of hydrogen-bond acceptors (Lipinski definition) is 4. The predicted octanol–water partition coefficient (Wildman–Crippen LogP) is 2.75. The van der Waals surface area contributed by atoms with E-state index in [-0.39, 0.29) is 36.6 Å². The maximum absolute atomic E-state index is 12.8. The first kappa shape index (κ1) is 17.0. The van der Waals surface area contributed by atoms with E-state index in [9.17, 15) is 9.18 Å². The average molecular weight is 321 g/mol. The fourth-order valence-electron chi connectivity index (χ4n) is 1.94. The van der Waals surface area contributed by atoms with Gasteiger partial charge in [-0.1, -0.05) is 6.92 Å². The topological polar surface area (TPSA) is 71.7 Å². The summed E-state index contributed by atoms with van der Waals surface area (Å²) in [5, 5.41) is 11.6. The highest BCUT2D eigenvalue weighted by Crippen LogP contribution is 2.15. The molecule has 2 aromatic rings. The van der Waals surface area contributed by atoms with Gasteiger partial charge in [-0.2, -0.15) is 0 Å². The van der Waals surface area contributed by atoms with Crippen LogP contribution in [0.5, 0.6) is 5.75 Å². The van der Waals surface area contributed by atoms with Crippen LogP contribution >= 0.6 is 0 Å². The minimum atomic E-state index is -0.329. The highest BCUT2D eigenvalue weighted by Gasteiger charge is 2.12. The fourth-order valence-corrected chi connectivity index (χ4v) is 1.94. The van der Waals surface area contributed by atoms with Crippen molar-refractivity contribution in [3.05, 3.63) is 53.7 Å². The molecule has 1 unspecified atom stereocenters. The molecule has 124 valence electrons. The van der Waals surface area contributed by atoms with E-state index in [1.165, 1.54) is 24.3 Å². The summed E-state index contributed by atoms with van der Waals surface area (Å²) in [6.07, 6.45) is 0.634. The van der Waals surface area contributed by atoms with Crippen molar-refractivity contribution in [3.8, 4) is 5.75 Å². The number of rotatable bonds is 8. The number of aliphatic hydroxyl groups is 1. The normalized spacial score (nSPS) is 12.0. The van der Waals surface area contributed by atoms with E-state index >= 15 is 0 Å². The second-order valence-corrected chi connectivity index (χ2v) is 5.34. The van der Waals surface area contributed by atoms with Gasteiger partial charge in [0.05, 0.1) is 0 Å². The van der Waals surface area contributed by atoms with E-state index < -0.39 is 0 Å². The number of ether oxygens (including phenoxy) is 1. The Hall–Kier alpha value is -2.34. The highest BCUT2D eigenvalue weighted by molar-refractivity contribution is 5.91. The van der Waals surface area contributed by atoms with E-state index in [1.807, 2.05) is 6.92 Å². The van der Waals surface area contributed by atoms with Crippen LogP contribution in [0.1, 0.15) is 29.7 Å². The van der Waals surface area contributed by atoms with Gasteiger partial charge in [-0.3, -0.25) is 4.79 Å². The van der Waals surface area contributed by atoms with Crippen molar-refractivity contribution in [3.63, 3.8) is 0 Å². The molecule has 5 nitrogen and oxygen atoms in total. The molecule has 2 N–H and O–H groups in total. The van der Waals surface area contributed by atoms with E-state index in [1.54, 1.807) is 12.1 Å². The van der Waals surface area contributed by atoms with Crippen LogP contribution in [0.4, 0.5) is 4.39 Å². The van der Waals surface area contributed by atoms with Gasteiger partial charge in [0.2, 0.25) is 0 Å². The lowest BCUT2D eigenvalue weighted by Crippen LogP contribution is -2.28. The van der Waals surface area contributed by atoms with E-state index in [0.29, 0.717) is 24.5 Å². The number of furan rings is 1. The highest BCUT2D eigenvalue weighted by atomic mass is 19.1. The third kappa shape index (κ3) is 5.41. The summed E-state index contributed by atoms with van der Waals surface area (Å²) < 4.78 is 23.7. The third-order valence-corrected chi connectivity index (χ3v) is 3.31. The zero-order valence-corrected chi connectivity index (χ0v) is 12.9. The molecule has 1 amide bonds. The van der Waals surface area contributed by atoms with Gasteiger partial charge in [0, 0.05) is 13.2 Å². The number of nitrogens with one attached hydrogen (secondary N) is 1. The quantitative estimate of drug-likeness (QED) is 0.784. The molecule has 0 fully saturated rings. The molecule has 0 radical (unpaired) electrons. The molecular formula is C17H20FNO4. The number of carbonyl (C=O) groups excluding carboxylic acids is 1. The molecule has 1 aromatic carbocycles. The molecule has 0 saturated heterocycles. The molecule has 0 bridgehead atoms. The molecule has 1 heterocycles. The third-order valence-electron chi connectivity index (χ3n) is 3.31. The molecule has 1 atom stereocenters. The van der Waals surface area contributed by atoms with Crippen LogP contribution < -0.4 is 10.1 Å². The number of benzene rings is 1. The molecule has 6 heteroatoms. The predicted molar refractivity (Wildman–Crippen MR) is 82.6 cm³/mol. The van der Waals surface area contributed by atoms with Crippen LogP contribution in [0.15, 0.2) is 40.8 Å². The number of hydrogen-bond donors (Lipinski definition) is 2. The van der Waals surface area contributed by atoms with Crippen LogP contribution in [0.25, 0.3) is 0 Å². The first-order chi connectivity index (χ1) is 11.1. The lowest BCUT2D eigenvalue weighted by molar-refractivity contribution is 0.0913. The summed E-state index contributed by atoms with van der Waals surface area (Å²) in [5.74, 6) is 0.793. The summed E-state index contributed by atoms with van der Waals surface area (Å²) in [7, 11) is 0. The Morgan fingerprint density at radius 3 is 2.74 bits per heavy atom. The first-order valence-electron chi connectivity index (χ1n) is 7.44. The van der Waals surface area contributed by atoms with E-state index in [4.69, 9.17) is 14.3 Å². The molecule has 23 heavy (non-hydrogen) atoms. The number of aliphatic hydroxyl groups excluding tert-OH is 1. The van der Waals surface area contributed by atoms with Crippen molar-refractivity contribution in [2.24, 2.45) is 5.92 Å². The summed E-state index contributed by atoms with van der Waals surface area (Å²) in [4.78, 5) is 11.9. The van der Waals surface area contributed by atoms with Gasteiger partial charge >= 0.3 is 0 Å². The fraction of sp³-hybridized carbons (Fsp3) is 0.353. The minimum Gasteiger partial charge on any atom is -0.486 e. The second kappa shape index (κ2) is 8.33. The summed E-state index contributed by atoms with van der Waals surface area (Å²) in [5.41, 5.74) is 0. The van der Waals surface area contributed by atoms with Crippen LogP contribution in [0.3, 0.4) is 0 Å². The van der Waals surface area contributed by atoms with Crippen LogP contribution in [0.2, 0.25) is 0 Å². The summed E-state index contributed by atoms with van der Waals surface area (Å²) in [6.45, 7) is 2.67. The Morgan fingerprint density at radius 2 is 2.04 bits per heavy atom. The van der Waals surface area contributed by atoms with Gasteiger partial charge in [-0.15, -0.1) is 0 Å². The van der Waals surface area contributed by atoms with Gasteiger partial charge in [0.15, 0.2) is 5.76 Å². The zero-order valence-electron chi connectivity index (χ0n) is 12.9. The van der Waals surface area contributed by atoms with Gasteiger partial charge in [0.25, 0.3) is 5.91 Å². The van der Waals surface area contributed by atoms with Crippen LogP contribution in [-0.2, 0) is 6.61 Å². The van der Waals surface area contributed by atoms with Crippen molar-refractivity contribution in [1.82, 2.24) is 5.32 Å². The maximum Gasteiger partial charge on any atom is 0.287 e. The molecule has 0 aliphatic carbocycles. The molecule has 0 spiro atoms. The van der Waals surface area contributed by atoms with Gasteiger partial charge in [0.1, 0.15) is 23.9 Å². The zero-order chi connectivity index (χ0) is 16.7. The number of amides is 1. The van der Waals surface area contributed by atoms with Crippen LogP contribution in [-0.4, -0.2) is 24.2 Å². The van der Waals surface area contributed by atoms with Gasteiger partial charge < -0.3 is 19.6 Å². The Bertz CT molecular complexity index is 624.